The summed E-state index contributed by atoms with van der Waals surface area (Å²) >= 11 is 0. The minimum atomic E-state index is -5.81. The molecule has 3 aliphatic rings. The third kappa shape index (κ3) is 51.0. The quantitative estimate of drug-likeness (QED) is 0.00889. The summed E-state index contributed by atoms with van der Waals surface area (Å²) in [5.74, 6) is -2.97. The maximum Gasteiger partial charge on any atom is 0.472 e. The standard InChI is InChI=1S/C92H171O25P/c1-5-9-13-17-21-25-29-33-36-39-43-47-51-55-59-63-67-78(97)114-87-83(102)84(103)88(115-91-85(104)81(100)79(98)73(68-93)112-91)90(89(87)116-92-86(105)82(101)80(99)74(113-92)71-109-76(95)65-61-57-53-49-45-41-37-34-30-26-22-18-14-10-6-2)117-118(106,107)110-70-72(69-108-75(94)64-60-56-52-48-44-40-32-28-24-20-16-12-8-4)111-77(96)66-62-58-54-50-46-42-38-35-31-27-23-19-15-11-7-3/h40,44,72-74,79-93,98-105H,5-39,41-43,45-71H2,1-4H3,(H,106,107)/b44-40-. The molecule has 0 aromatic heterocycles. The number of phosphoric ester groups is 1. The lowest BCUT2D eigenvalue weighted by Crippen LogP contribution is -2.70. The summed E-state index contributed by atoms with van der Waals surface area (Å²) in [6, 6.07) is 0. The highest BCUT2D eigenvalue weighted by Gasteiger charge is 2.60. The number of hydrogen-bond acceptors (Lipinski definition) is 24. The highest BCUT2D eigenvalue weighted by molar-refractivity contribution is 7.47. The van der Waals surface area contributed by atoms with Gasteiger partial charge in [0.25, 0.3) is 0 Å². The number of ether oxygens (including phenoxy) is 8. The molecule has 2 saturated heterocycles. The molecule has 3 fully saturated rings. The van der Waals surface area contributed by atoms with Crippen molar-refractivity contribution in [3.63, 3.8) is 0 Å². The molecular weight excluding hydrogens is 1540 g/mol. The van der Waals surface area contributed by atoms with Crippen molar-refractivity contribution in [2.45, 2.75) is 524 Å². The molecule has 0 aromatic rings. The van der Waals surface area contributed by atoms with E-state index in [-0.39, 0.29) is 25.7 Å². The Hall–Kier alpha value is -2.79. The van der Waals surface area contributed by atoms with Crippen molar-refractivity contribution >= 4 is 31.7 Å². The van der Waals surface area contributed by atoms with E-state index in [0.717, 1.165) is 128 Å². The van der Waals surface area contributed by atoms with Crippen molar-refractivity contribution in [2.24, 2.45) is 0 Å². The number of aliphatic hydroxyl groups excluding tert-OH is 9. The van der Waals surface area contributed by atoms with Gasteiger partial charge in [0, 0.05) is 25.7 Å². The van der Waals surface area contributed by atoms with E-state index in [9.17, 15) is 74.6 Å². The highest BCUT2D eigenvalue weighted by Crippen LogP contribution is 2.49. The van der Waals surface area contributed by atoms with Crippen LogP contribution in [0.15, 0.2) is 12.2 Å². The molecule has 2 heterocycles. The van der Waals surface area contributed by atoms with Crippen LogP contribution in [-0.2, 0) is 70.7 Å². The first-order chi connectivity index (χ1) is 57.2. The second kappa shape index (κ2) is 71.4. The molecule has 3 rings (SSSR count). The van der Waals surface area contributed by atoms with Crippen molar-refractivity contribution in [2.75, 3.05) is 26.4 Å². The summed E-state index contributed by atoms with van der Waals surface area (Å²) in [6.45, 7) is 5.61. The van der Waals surface area contributed by atoms with Crippen LogP contribution < -0.4 is 0 Å². The van der Waals surface area contributed by atoms with E-state index in [0.29, 0.717) is 32.1 Å². The first-order valence-electron chi connectivity index (χ1n) is 47.9. The van der Waals surface area contributed by atoms with Crippen molar-refractivity contribution in [3.05, 3.63) is 12.2 Å². The molecule has 0 aromatic carbocycles. The number of esters is 4. The Balaban J connectivity index is 1.91. The van der Waals surface area contributed by atoms with Crippen molar-refractivity contribution in [1.82, 2.24) is 0 Å². The van der Waals surface area contributed by atoms with Gasteiger partial charge in [-0.3, -0.25) is 28.2 Å². The van der Waals surface area contributed by atoms with E-state index < -0.39 is 162 Å². The maximum atomic E-state index is 14.9. The Kier molecular flexibility index (Phi) is 66.2. The fourth-order valence-corrected chi connectivity index (χ4v) is 16.9. The average molecular weight is 1710 g/mol. The Morgan fingerprint density at radius 1 is 0.331 bits per heavy atom. The number of phosphoric acid groups is 1. The fraction of sp³-hybridized carbons (Fsp3) is 0.935. The number of carbonyl (C=O) groups is 4. The van der Waals surface area contributed by atoms with E-state index in [4.69, 9.17) is 46.9 Å². The van der Waals surface area contributed by atoms with Crippen molar-refractivity contribution < 1.29 is 122 Å². The summed E-state index contributed by atoms with van der Waals surface area (Å²) in [6.07, 6.45) is 30.5. The van der Waals surface area contributed by atoms with Gasteiger partial charge in [-0.25, -0.2) is 4.57 Å². The highest BCUT2D eigenvalue weighted by atomic mass is 31.2. The number of hydrogen-bond donors (Lipinski definition) is 10. The molecule has 118 heavy (non-hydrogen) atoms. The molecule has 18 atom stereocenters. The predicted molar refractivity (Wildman–Crippen MR) is 458 cm³/mol. The maximum absolute atomic E-state index is 14.9. The largest absolute Gasteiger partial charge is 0.472 e. The van der Waals surface area contributed by atoms with Gasteiger partial charge in [0.1, 0.15) is 92.6 Å². The van der Waals surface area contributed by atoms with Gasteiger partial charge >= 0.3 is 31.7 Å². The van der Waals surface area contributed by atoms with Crippen molar-refractivity contribution in [3.8, 4) is 0 Å². The monoisotopic (exact) mass is 1710 g/mol. The molecular formula is C92H171O25P. The number of unbranched alkanes of at least 4 members (excludes halogenated alkanes) is 52. The normalized spacial score (nSPS) is 24.9. The summed E-state index contributed by atoms with van der Waals surface area (Å²) in [7, 11) is -5.81. The number of rotatable bonds is 78. The molecule has 2 aliphatic heterocycles. The van der Waals surface area contributed by atoms with Crippen LogP contribution in [0.5, 0.6) is 0 Å². The van der Waals surface area contributed by atoms with Crippen molar-refractivity contribution in [1.29, 1.82) is 0 Å². The zero-order chi connectivity index (χ0) is 86.1. The van der Waals surface area contributed by atoms with E-state index in [2.05, 4.69) is 39.8 Å². The van der Waals surface area contributed by atoms with Gasteiger partial charge in [-0.05, 0) is 51.4 Å². The Labute approximate surface area is 712 Å². The minimum absolute atomic E-state index is 0.0168. The van der Waals surface area contributed by atoms with Crippen LogP contribution in [0.25, 0.3) is 0 Å². The zero-order valence-corrected chi connectivity index (χ0v) is 74.9. The number of carbonyl (C=O) groups excluding carboxylic acids is 4. The smallest absolute Gasteiger partial charge is 0.463 e. The molecule has 25 nitrogen and oxygen atoms in total. The molecule has 0 spiro atoms. The van der Waals surface area contributed by atoms with Crippen LogP contribution in [0.3, 0.4) is 0 Å². The summed E-state index contributed by atoms with van der Waals surface area (Å²) in [5, 5.41) is 102. The third-order valence-electron chi connectivity index (χ3n) is 23.5. The fourth-order valence-electron chi connectivity index (χ4n) is 15.9. The average Bonchev–Trinajstić information content (AvgIpc) is 0.754. The third-order valence-corrected chi connectivity index (χ3v) is 24.5. The van der Waals surface area contributed by atoms with E-state index in [1.54, 1.807) is 0 Å². The van der Waals surface area contributed by atoms with Gasteiger partial charge < -0.3 is 88.7 Å². The second-order valence-electron chi connectivity index (χ2n) is 34.2. The van der Waals surface area contributed by atoms with E-state index >= 15 is 0 Å². The second-order valence-corrected chi connectivity index (χ2v) is 35.6. The molecule has 0 amide bonds. The number of aliphatic hydroxyl groups is 9. The molecule has 0 radical (unpaired) electrons. The summed E-state index contributed by atoms with van der Waals surface area (Å²) in [5.41, 5.74) is 0. The molecule has 10 N–H and O–H groups in total. The molecule has 1 aliphatic carbocycles. The van der Waals surface area contributed by atoms with Crippen LogP contribution in [0.1, 0.15) is 419 Å². The zero-order valence-electron chi connectivity index (χ0n) is 74.0. The molecule has 26 heteroatoms. The van der Waals surface area contributed by atoms with E-state index in [1.165, 1.54) is 205 Å². The summed E-state index contributed by atoms with van der Waals surface area (Å²) < 4.78 is 73.5. The first kappa shape index (κ1) is 109. The van der Waals surface area contributed by atoms with Gasteiger partial charge in [-0.2, -0.15) is 0 Å². The van der Waals surface area contributed by atoms with Crippen LogP contribution in [0.2, 0.25) is 0 Å². The first-order valence-corrected chi connectivity index (χ1v) is 49.4. The van der Waals surface area contributed by atoms with E-state index in [1.807, 2.05) is 0 Å². The lowest BCUT2D eigenvalue weighted by atomic mass is 9.84. The van der Waals surface area contributed by atoms with Gasteiger partial charge in [0.15, 0.2) is 24.8 Å². The predicted octanol–water partition coefficient (Wildman–Crippen LogP) is 17.9. The van der Waals surface area contributed by atoms with Crippen LogP contribution in [-0.4, -0.2) is 205 Å². The number of allylic oxidation sites excluding steroid dienone is 2. The van der Waals surface area contributed by atoms with Crippen LogP contribution in [0, 0.1) is 0 Å². The van der Waals surface area contributed by atoms with Crippen LogP contribution >= 0.6 is 7.82 Å². The Morgan fingerprint density at radius 3 is 1.02 bits per heavy atom. The molecule has 0 bridgehead atoms. The molecule has 694 valence electrons. The lowest BCUT2D eigenvalue weighted by Gasteiger charge is -2.50. The molecule has 18 unspecified atom stereocenters. The summed E-state index contributed by atoms with van der Waals surface area (Å²) in [4.78, 5) is 66.5. The lowest BCUT2D eigenvalue weighted by molar-refractivity contribution is -0.360. The topological polar surface area (TPSA) is 380 Å². The molecule has 1 saturated carbocycles. The van der Waals surface area contributed by atoms with Gasteiger partial charge in [-0.15, -0.1) is 0 Å². The Bertz CT molecular complexity index is 2500. The van der Waals surface area contributed by atoms with Crippen LogP contribution in [0.4, 0.5) is 0 Å². The van der Waals surface area contributed by atoms with Gasteiger partial charge in [-0.1, -0.05) is 354 Å². The van der Waals surface area contributed by atoms with Gasteiger partial charge in [0.05, 0.1) is 13.2 Å². The SMILES string of the molecule is CCCCCCCC/C=C\CCCCCC(=O)OCC(COP(=O)(O)OC1C(OC2OC(CO)C(O)C(O)C2O)C(O)C(O)C(OC(=O)CCCCCCCCCCCCCCCCCC)C1OC1OC(COC(=O)CCCCCCCCCCCCCCCCC)C(O)C(O)C1O)OC(=O)CCCCCCCCCCCCCCCCC. The Morgan fingerprint density at radius 2 is 0.636 bits per heavy atom. The minimum Gasteiger partial charge on any atom is -0.463 e. The van der Waals surface area contributed by atoms with Gasteiger partial charge in [0.2, 0.25) is 0 Å².